The van der Waals surface area contributed by atoms with E-state index in [4.69, 9.17) is 0 Å². The van der Waals surface area contributed by atoms with Crippen LogP contribution in [0.4, 0.5) is 0 Å². The van der Waals surface area contributed by atoms with Gasteiger partial charge in [-0.25, -0.2) is 4.79 Å². The maximum absolute atomic E-state index is 11.2. The maximum atomic E-state index is 11.2. The Balaban J connectivity index is 2.32. The molecule has 0 heterocycles. The van der Waals surface area contributed by atoms with Crippen LogP contribution in [-0.2, 0) is 6.42 Å². The zero-order chi connectivity index (χ0) is 13.1. The summed E-state index contributed by atoms with van der Waals surface area (Å²) in [7, 11) is 0. The Morgan fingerprint density at radius 1 is 1.28 bits per heavy atom. The minimum Gasteiger partial charge on any atom is -0.478 e. The Bertz CT molecular complexity index is 431. The van der Waals surface area contributed by atoms with E-state index in [2.05, 4.69) is 0 Å². The van der Waals surface area contributed by atoms with Crippen molar-refractivity contribution in [3.8, 4) is 0 Å². The highest BCUT2D eigenvalue weighted by molar-refractivity contribution is 5.89. The topological polar surface area (TPSA) is 57.5 Å². The summed E-state index contributed by atoms with van der Waals surface area (Å²) in [6.45, 7) is 2.00. The molecule has 1 aromatic carbocycles. The van der Waals surface area contributed by atoms with Crippen molar-refractivity contribution < 1.29 is 15.0 Å². The van der Waals surface area contributed by atoms with E-state index in [1.807, 2.05) is 19.1 Å². The summed E-state index contributed by atoms with van der Waals surface area (Å²) >= 11 is 0. The number of carbonyl (C=O) groups is 1. The van der Waals surface area contributed by atoms with Gasteiger partial charge in [-0.15, -0.1) is 0 Å². The maximum Gasteiger partial charge on any atom is 0.335 e. The van der Waals surface area contributed by atoms with Crippen LogP contribution in [0.15, 0.2) is 18.2 Å². The van der Waals surface area contributed by atoms with E-state index in [-0.39, 0.29) is 6.10 Å². The van der Waals surface area contributed by atoms with Crippen LogP contribution in [0.3, 0.4) is 0 Å². The van der Waals surface area contributed by atoms with Crippen molar-refractivity contribution in [2.75, 3.05) is 0 Å². The van der Waals surface area contributed by atoms with E-state index < -0.39 is 5.97 Å². The van der Waals surface area contributed by atoms with Gasteiger partial charge in [-0.05, 0) is 55.2 Å². The van der Waals surface area contributed by atoms with Crippen molar-refractivity contribution in [1.82, 2.24) is 0 Å². The van der Waals surface area contributed by atoms with Crippen LogP contribution in [0.1, 0.15) is 60.0 Å². The minimum absolute atomic E-state index is 0.172. The second-order valence-corrected chi connectivity index (χ2v) is 5.04. The van der Waals surface area contributed by atoms with Crippen molar-refractivity contribution in [2.24, 2.45) is 0 Å². The molecule has 18 heavy (non-hydrogen) atoms. The van der Waals surface area contributed by atoms with E-state index in [0.717, 1.165) is 37.7 Å². The number of aromatic carboxylic acids is 1. The molecule has 0 bridgehead atoms. The van der Waals surface area contributed by atoms with E-state index in [1.54, 1.807) is 6.07 Å². The molecule has 98 valence electrons. The van der Waals surface area contributed by atoms with Gasteiger partial charge in [0.2, 0.25) is 0 Å². The Morgan fingerprint density at radius 3 is 2.50 bits per heavy atom. The summed E-state index contributed by atoms with van der Waals surface area (Å²) in [5.74, 6) is -0.438. The van der Waals surface area contributed by atoms with Crippen LogP contribution in [0.5, 0.6) is 0 Å². The first kappa shape index (κ1) is 13.1. The fraction of sp³-hybridized carbons (Fsp3) is 0.533. The zero-order valence-corrected chi connectivity index (χ0v) is 10.7. The number of aliphatic hydroxyl groups excluding tert-OH is 1. The van der Waals surface area contributed by atoms with E-state index in [9.17, 15) is 15.0 Å². The Kier molecular flexibility index (Phi) is 4.02. The lowest BCUT2D eigenvalue weighted by Crippen LogP contribution is -2.18. The van der Waals surface area contributed by atoms with Crippen LogP contribution in [0, 0.1) is 0 Å². The monoisotopic (exact) mass is 248 g/mol. The van der Waals surface area contributed by atoms with Crippen molar-refractivity contribution in [2.45, 2.75) is 51.0 Å². The molecule has 0 spiro atoms. The van der Waals surface area contributed by atoms with Crippen molar-refractivity contribution >= 4 is 5.97 Å². The average molecular weight is 248 g/mol. The lowest BCUT2D eigenvalue weighted by atomic mass is 9.79. The van der Waals surface area contributed by atoms with E-state index in [0.29, 0.717) is 11.5 Å². The summed E-state index contributed by atoms with van der Waals surface area (Å²) in [5, 5.41) is 18.8. The van der Waals surface area contributed by atoms with Gasteiger partial charge in [0.05, 0.1) is 11.7 Å². The molecular weight excluding hydrogens is 228 g/mol. The van der Waals surface area contributed by atoms with Gasteiger partial charge >= 0.3 is 5.97 Å². The Hall–Kier alpha value is -1.35. The highest BCUT2D eigenvalue weighted by atomic mass is 16.4. The first-order valence-corrected chi connectivity index (χ1v) is 6.66. The molecule has 2 rings (SSSR count). The van der Waals surface area contributed by atoms with E-state index in [1.165, 1.54) is 5.56 Å². The zero-order valence-electron chi connectivity index (χ0n) is 10.7. The van der Waals surface area contributed by atoms with Gasteiger partial charge in [-0.2, -0.15) is 0 Å². The smallest absolute Gasteiger partial charge is 0.335 e. The molecule has 0 unspecified atom stereocenters. The molecule has 0 atom stereocenters. The average Bonchev–Trinajstić information content (AvgIpc) is 2.38. The normalized spacial score (nSPS) is 23.9. The third-order valence-corrected chi connectivity index (χ3v) is 3.93. The van der Waals surface area contributed by atoms with Gasteiger partial charge in [0.25, 0.3) is 0 Å². The van der Waals surface area contributed by atoms with Crippen LogP contribution in [-0.4, -0.2) is 22.3 Å². The molecule has 2 N–H and O–H groups in total. The molecular formula is C15H20O3. The summed E-state index contributed by atoms with van der Waals surface area (Å²) in [5.41, 5.74) is 2.57. The Morgan fingerprint density at radius 2 is 1.94 bits per heavy atom. The third-order valence-electron chi connectivity index (χ3n) is 3.93. The molecule has 1 saturated carbocycles. The fourth-order valence-corrected chi connectivity index (χ4v) is 2.97. The summed E-state index contributed by atoms with van der Waals surface area (Å²) in [6, 6.07) is 5.57. The van der Waals surface area contributed by atoms with Gasteiger partial charge < -0.3 is 10.2 Å². The number of carboxylic acid groups (broad SMARTS) is 1. The lowest BCUT2D eigenvalue weighted by molar-refractivity contribution is 0.0695. The molecule has 0 radical (unpaired) electrons. The largest absolute Gasteiger partial charge is 0.478 e. The van der Waals surface area contributed by atoms with Gasteiger partial charge in [-0.1, -0.05) is 19.1 Å². The van der Waals surface area contributed by atoms with E-state index >= 15 is 0 Å². The highest BCUT2D eigenvalue weighted by Crippen LogP contribution is 2.35. The number of rotatable bonds is 3. The fourth-order valence-electron chi connectivity index (χ4n) is 2.97. The SMILES string of the molecule is CCc1c(C(=O)O)cccc1[C@H]1CC[C@H](O)CC1. The predicted molar refractivity (Wildman–Crippen MR) is 70.0 cm³/mol. The first-order chi connectivity index (χ1) is 8.63. The predicted octanol–water partition coefficient (Wildman–Crippen LogP) is 2.97. The number of aliphatic hydroxyl groups is 1. The second kappa shape index (κ2) is 5.53. The van der Waals surface area contributed by atoms with Gasteiger partial charge in [0.15, 0.2) is 0 Å². The first-order valence-electron chi connectivity index (χ1n) is 6.66. The van der Waals surface area contributed by atoms with Gasteiger partial charge in [-0.3, -0.25) is 0 Å². The summed E-state index contributed by atoms with van der Waals surface area (Å²) < 4.78 is 0. The summed E-state index contributed by atoms with van der Waals surface area (Å²) in [4.78, 5) is 11.2. The number of benzene rings is 1. The van der Waals surface area contributed by atoms with Crippen LogP contribution < -0.4 is 0 Å². The standard InChI is InChI=1S/C15H20O3/c1-2-12-13(4-3-5-14(12)15(17)18)10-6-8-11(16)9-7-10/h3-5,10-11,16H,2,6-9H2,1H3,(H,17,18)/t10-,11-. The van der Waals surface area contributed by atoms with Crippen LogP contribution >= 0.6 is 0 Å². The molecule has 1 aromatic rings. The lowest BCUT2D eigenvalue weighted by Gasteiger charge is -2.27. The van der Waals surface area contributed by atoms with Gasteiger partial charge in [0, 0.05) is 0 Å². The highest BCUT2D eigenvalue weighted by Gasteiger charge is 2.24. The molecule has 0 saturated heterocycles. The molecule has 3 nitrogen and oxygen atoms in total. The molecule has 1 aliphatic rings. The molecule has 3 heteroatoms. The molecule has 0 amide bonds. The number of hydrogen-bond acceptors (Lipinski definition) is 2. The second-order valence-electron chi connectivity index (χ2n) is 5.04. The minimum atomic E-state index is -0.843. The van der Waals surface area contributed by atoms with Crippen molar-refractivity contribution in [3.05, 3.63) is 34.9 Å². The molecule has 0 aliphatic heterocycles. The number of carboxylic acids is 1. The Labute approximate surface area is 107 Å². The van der Waals surface area contributed by atoms with Crippen molar-refractivity contribution in [3.63, 3.8) is 0 Å². The quantitative estimate of drug-likeness (QED) is 0.864. The van der Waals surface area contributed by atoms with Crippen LogP contribution in [0.2, 0.25) is 0 Å². The molecule has 1 fully saturated rings. The van der Waals surface area contributed by atoms with Gasteiger partial charge in [0.1, 0.15) is 0 Å². The number of hydrogen-bond donors (Lipinski definition) is 2. The third kappa shape index (κ3) is 2.56. The molecule has 1 aliphatic carbocycles. The molecule has 0 aromatic heterocycles. The van der Waals surface area contributed by atoms with Crippen LogP contribution in [0.25, 0.3) is 0 Å². The van der Waals surface area contributed by atoms with Crippen molar-refractivity contribution in [1.29, 1.82) is 0 Å². The summed E-state index contributed by atoms with van der Waals surface area (Å²) in [6.07, 6.45) is 4.13.